The monoisotopic (exact) mass is 442 g/mol. The van der Waals surface area contributed by atoms with E-state index in [2.05, 4.69) is 26.0 Å². The van der Waals surface area contributed by atoms with Crippen LogP contribution in [0, 0.1) is 26.6 Å². The normalized spacial score (nSPS) is 12.7. The van der Waals surface area contributed by atoms with Gasteiger partial charge in [-0.1, -0.05) is 33.6 Å². The molecule has 0 aromatic heterocycles. The van der Waals surface area contributed by atoms with Crippen molar-refractivity contribution in [2.45, 2.75) is 38.6 Å². The largest absolute Gasteiger partial charge is 0.322 e. The van der Waals surface area contributed by atoms with Gasteiger partial charge in [-0.25, -0.2) is 12.8 Å². The third kappa shape index (κ3) is 4.69. The number of hydrogen-bond donors (Lipinski definition) is 2. The minimum atomic E-state index is -3.90. The number of anilines is 1. The summed E-state index contributed by atoms with van der Waals surface area (Å²) in [5.74, 6) is -1.27. The van der Waals surface area contributed by atoms with E-state index in [0.29, 0.717) is 15.6 Å². The summed E-state index contributed by atoms with van der Waals surface area (Å²) in [6.45, 7) is 6.70. The fourth-order valence-corrected chi connectivity index (χ4v) is 4.76. The first-order valence-electron chi connectivity index (χ1n) is 7.87. The molecule has 2 aromatic carbocycles. The Morgan fingerprint density at radius 2 is 1.69 bits per heavy atom. The van der Waals surface area contributed by atoms with Gasteiger partial charge < -0.3 is 5.32 Å². The van der Waals surface area contributed by atoms with Crippen molar-refractivity contribution in [3.05, 3.63) is 57.3 Å². The van der Waals surface area contributed by atoms with Crippen molar-refractivity contribution in [1.29, 1.82) is 0 Å². The molecule has 0 radical (unpaired) electrons. The zero-order chi connectivity index (χ0) is 19.6. The lowest BCUT2D eigenvalue weighted by atomic mass is 10.1. The number of hydrogen-bond acceptors (Lipinski definition) is 3. The van der Waals surface area contributed by atoms with Crippen molar-refractivity contribution >= 4 is 37.5 Å². The third-order valence-electron chi connectivity index (χ3n) is 3.79. The van der Waals surface area contributed by atoms with Crippen LogP contribution in [0.4, 0.5) is 10.1 Å². The Hall–Kier alpha value is -1.77. The van der Waals surface area contributed by atoms with Gasteiger partial charge in [0.25, 0.3) is 0 Å². The quantitative estimate of drug-likeness (QED) is 0.738. The Bertz CT molecular complexity index is 938. The molecule has 0 saturated heterocycles. The summed E-state index contributed by atoms with van der Waals surface area (Å²) in [5, 5.41) is 2.39. The molecule has 0 fully saturated rings. The molecule has 140 valence electrons. The maximum Gasteiger partial charge on any atom is 0.242 e. The maximum atomic E-state index is 13.8. The Morgan fingerprint density at radius 1 is 1.12 bits per heavy atom. The molecule has 2 aromatic rings. The Labute approximate surface area is 161 Å². The Balaban J connectivity index is 2.20. The van der Waals surface area contributed by atoms with Crippen molar-refractivity contribution < 1.29 is 17.6 Å². The van der Waals surface area contributed by atoms with E-state index >= 15 is 0 Å². The standard InChI is InChI=1S/C18H20BrFN2O3S/c1-10-7-11(2)17(12(3)8-10)26(24,25)22-13(4)18(23)21-16-6-5-14(19)9-15(16)20/h5-9,13,22H,1-4H3,(H,21,23). The minimum Gasteiger partial charge on any atom is -0.322 e. The molecule has 0 saturated carbocycles. The van der Waals surface area contributed by atoms with Crippen LogP contribution in [0.3, 0.4) is 0 Å². The fourth-order valence-electron chi connectivity index (χ4n) is 2.77. The topological polar surface area (TPSA) is 75.3 Å². The van der Waals surface area contributed by atoms with E-state index in [1.54, 1.807) is 32.0 Å². The predicted octanol–water partition coefficient (Wildman–Crippen LogP) is 3.82. The van der Waals surface area contributed by atoms with Crippen LogP contribution in [0.2, 0.25) is 0 Å². The van der Waals surface area contributed by atoms with Gasteiger partial charge in [0.2, 0.25) is 15.9 Å². The molecule has 2 rings (SSSR count). The molecule has 1 atom stereocenters. The van der Waals surface area contributed by atoms with Crippen molar-refractivity contribution in [2.24, 2.45) is 0 Å². The van der Waals surface area contributed by atoms with Crippen LogP contribution in [-0.4, -0.2) is 20.4 Å². The van der Waals surface area contributed by atoms with Crippen LogP contribution in [0.1, 0.15) is 23.6 Å². The number of halogens is 2. The summed E-state index contributed by atoms with van der Waals surface area (Å²) in [4.78, 5) is 12.4. The smallest absolute Gasteiger partial charge is 0.242 e. The minimum absolute atomic E-state index is 0.0213. The second-order valence-electron chi connectivity index (χ2n) is 6.18. The molecule has 1 amide bonds. The lowest BCUT2D eigenvalue weighted by Crippen LogP contribution is -2.42. The SMILES string of the molecule is Cc1cc(C)c(S(=O)(=O)NC(C)C(=O)Nc2ccc(Br)cc2F)c(C)c1. The summed E-state index contributed by atoms with van der Waals surface area (Å²) in [6, 6.07) is 6.64. The summed E-state index contributed by atoms with van der Waals surface area (Å²) < 4.78 is 42.1. The summed E-state index contributed by atoms with van der Waals surface area (Å²) in [7, 11) is -3.90. The number of amides is 1. The average molecular weight is 443 g/mol. The molecule has 26 heavy (non-hydrogen) atoms. The summed E-state index contributed by atoms with van der Waals surface area (Å²) in [5.41, 5.74) is 2.13. The van der Waals surface area contributed by atoms with E-state index in [9.17, 15) is 17.6 Å². The molecule has 0 aliphatic rings. The highest BCUT2D eigenvalue weighted by Gasteiger charge is 2.25. The highest BCUT2D eigenvalue weighted by molar-refractivity contribution is 9.10. The number of rotatable bonds is 5. The van der Waals surface area contributed by atoms with E-state index in [0.717, 1.165) is 5.56 Å². The van der Waals surface area contributed by atoms with Crippen LogP contribution in [0.25, 0.3) is 0 Å². The first-order chi connectivity index (χ1) is 12.0. The third-order valence-corrected chi connectivity index (χ3v) is 6.13. The Kier molecular flexibility index (Phi) is 6.21. The molecule has 8 heteroatoms. The van der Waals surface area contributed by atoms with Crippen LogP contribution in [0.15, 0.2) is 39.7 Å². The van der Waals surface area contributed by atoms with Crippen molar-refractivity contribution in [3.63, 3.8) is 0 Å². The van der Waals surface area contributed by atoms with Crippen LogP contribution < -0.4 is 10.0 Å². The molecule has 5 nitrogen and oxygen atoms in total. The second kappa shape index (κ2) is 7.85. The van der Waals surface area contributed by atoms with E-state index < -0.39 is 27.8 Å². The molecule has 0 aliphatic heterocycles. The highest BCUT2D eigenvalue weighted by atomic mass is 79.9. The maximum absolute atomic E-state index is 13.8. The molecule has 0 bridgehead atoms. The number of carbonyl (C=O) groups is 1. The number of benzene rings is 2. The van der Waals surface area contributed by atoms with Gasteiger partial charge in [0.05, 0.1) is 16.6 Å². The van der Waals surface area contributed by atoms with E-state index in [1.165, 1.54) is 19.1 Å². The lowest BCUT2D eigenvalue weighted by Gasteiger charge is -2.17. The van der Waals surface area contributed by atoms with Crippen LogP contribution >= 0.6 is 15.9 Å². The van der Waals surface area contributed by atoms with E-state index in [1.807, 2.05) is 6.92 Å². The number of carbonyl (C=O) groups excluding carboxylic acids is 1. The first kappa shape index (κ1) is 20.5. The van der Waals surface area contributed by atoms with Gasteiger partial charge in [-0.3, -0.25) is 4.79 Å². The molecule has 1 unspecified atom stereocenters. The first-order valence-corrected chi connectivity index (χ1v) is 10.1. The predicted molar refractivity (Wildman–Crippen MR) is 103 cm³/mol. The van der Waals surface area contributed by atoms with Gasteiger partial charge in [-0.15, -0.1) is 0 Å². The zero-order valence-corrected chi connectivity index (χ0v) is 17.3. The van der Waals surface area contributed by atoms with Gasteiger partial charge in [-0.05, 0) is 57.0 Å². The van der Waals surface area contributed by atoms with E-state index in [-0.39, 0.29) is 10.6 Å². The highest BCUT2D eigenvalue weighted by Crippen LogP contribution is 2.22. The number of aryl methyl sites for hydroxylation is 3. The Morgan fingerprint density at radius 3 is 2.23 bits per heavy atom. The molecule has 2 N–H and O–H groups in total. The zero-order valence-electron chi connectivity index (χ0n) is 14.9. The number of sulfonamides is 1. The van der Waals surface area contributed by atoms with Crippen LogP contribution in [0.5, 0.6) is 0 Å². The fraction of sp³-hybridized carbons (Fsp3) is 0.278. The molecular formula is C18H20BrFN2O3S. The average Bonchev–Trinajstić information content (AvgIpc) is 2.47. The molecular weight excluding hydrogens is 423 g/mol. The summed E-state index contributed by atoms with van der Waals surface area (Å²) in [6.07, 6.45) is 0. The van der Waals surface area contributed by atoms with E-state index in [4.69, 9.17) is 0 Å². The molecule has 0 spiro atoms. The van der Waals surface area contributed by atoms with Gasteiger partial charge in [-0.2, -0.15) is 4.72 Å². The molecule has 0 heterocycles. The van der Waals surface area contributed by atoms with Crippen LogP contribution in [-0.2, 0) is 14.8 Å². The van der Waals surface area contributed by atoms with Crippen molar-refractivity contribution in [1.82, 2.24) is 4.72 Å². The van der Waals surface area contributed by atoms with Gasteiger partial charge >= 0.3 is 0 Å². The molecule has 0 aliphatic carbocycles. The van der Waals surface area contributed by atoms with Gasteiger partial charge in [0.1, 0.15) is 5.82 Å². The number of nitrogens with one attached hydrogen (secondary N) is 2. The lowest BCUT2D eigenvalue weighted by molar-refractivity contribution is -0.117. The van der Waals surface area contributed by atoms with Gasteiger partial charge in [0, 0.05) is 4.47 Å². The van der Waals surface area contributed by atoms with Gasteiger partial charge in [0.15, 0.2) is 0 Å². The summed E-state index contributed by atoms with van der Waals surface area (Å²) >= 11 is 3.13. The van der Waals surface area contributed by atoms with Crippen molar-refractivity contribution in [3.8, 4) is 0 Å². The second-order valence-corrected chi connectivity index (χ2v) is 8.75. The van der Waals surface area contributed by atoms with Crippen molar-refractivity contribution in [2.75, 3.05) is 5.32 Å².